The SMILES string of the molecule is COc1ccccc1N1CCN(c2ccc(NC(=O)C(C)(C)CCl)cc2C(=O)NC2CC2)CC1. The van der Waals surface area contributed by atoms with Crippen LogP contribution in [-0.2, 0) is 4.79 Å². The van der Waals surface area contributed by atoms with Crippen molar-refractivity contribution in [1.82, 2.24) is 5.32 Å². The summed E-state index contributed by atoms with van der Waals surface area (Å²) >= 11 is 5.96. The number of amides is 2. The summed E-state index contributed by atoms with van der Waals surface area (Å²) in [6, 6.07) is 13.9. The minimum atomic E-state index is -0.703. The van der Waals surface area contributed by atoms with Gasteiger partial charge < -0.3 is 25.2 Å². The van der Waals surface area contributed by atoms with Gasteiger partial charge >= 0.3 is 0 Å². The average molecular weight is 485 g/mol. The maximum atomic E-state index is 13.1. The van der Waals surface area contributed by atoms with Crippen LogP contribution in [0.1, 0.15) is 37.0 Å². The Balaban J connectivity index is 1.53. The summed E-state index contributed by atoms with van der Waals surface area (Å²) < 4.78 is 5.53. The molecule has 1 aliphatic carbocycles. The molecule has 8 heteroatoms. The van der Waals surface area contributed by atoms with Gasteiger partial charge in [0, 0.05) is 49.5 Å². The maximum Gasteiger partial charge on any atom is 0.253 e. The summed E-state index contributed by atoms with van der Waals surface area (Å²) in [5.41, 5.74) is 2.44. The zero-order valence-corrected chi connectivity index (χ0v) is 20.8. The van der Waals surface area contributed by atoms with Gasteiger partial charge in [0.05, 0.1) is 23.8 Å². The number of anilines is 3. The van der Waals surface area contributed by atoms with Gasteiger partial charge in [-0.25, -0.2) is 0 Å². The van der Waals surface area contributed by atoms with E-state index in [-0.39, 0.29) is 23.7 Å². The monoisotopic (exact) mass is 484 g/mol. The number of methoxy groups -OCH3 is 1. The third-order valence-electron chi connectivity index (χ3n) is 6.41. The number of para-hydroxylation sites is 2. The van der Waals surface area contributed by atoms with Crippen LogP contribution in [0.3, 0.4) is 0 Å². The van der Waals surface area contributed by atoms with E-state index in [4.69, 9.17) is 16.3 Å². The number of rotatable bonds is 8. The Hall–Kier alpha value is -2.93. The molecule has 2 aliphatic rings. The molecule has 2 amide bonds. The Kier molecular flexibility index (Phi) is 7.22. The summed E-state index contributed by atoms with van der Waals surface area (Å²) in [6.45, 7) is 6.76. The number of hydrogen-bond donors (Lipinski definition) is 2. The molecular weight excluding hydrogens is 452 g/mol. The highest BCUT2D eigenvalue weighted by molar-refractivity contribution is 6.20. The van der Waals surface area contributed by atoms with Gasteiger partial charge in [-0.1, -0.05) is 12.1 Å². The van der Waals surface area contributed by atoms with Crippen LogP contribution in [0.4, 0.5) is 17.1 Å². The van der Waals surface area contributed by atoms with Crippen LogP contribution in [0.15, 0.2) is 42.5 Å². The summed E-state index contributed by atoms with van der Waals surface area (Å²) in [5, 5.41) is 6.02. The Morgan fingerprint density at radius 2 is 1.68 bits per heavy atom. The zero-order valence-electron chi connectivity index (χ0n) is 20.1. The molecule has 0 radical (unpaired) electrons. The first-order chi connectivity index (χ1) is 16.3. The van der Waals surface area contributed by atoms with Crippen molar-refractivity contribution in [3.8, 4) is 5.75 Å². The van der Waals surface area contributed by atoms with Crippen molar-refractivity contribution in [2.75, 3.05) is 54.3 Å². The van der Waals surface area contributed by atoms with Crippen LogP contribution in [0.2, 0.25) is 0 Å². The number of halogens is 1. The van der Waals surface area contributed by atoms with Crippen LogP contribution < -0.4 is 25.2 Å². The number of alkyl halides is 1. The molecule has 0 aromatic heterocycles. The lowest BCUT2D eigenvalue weighted by molar-refractivity contribution is -0.122. The number of benzene rings is 2. The number of ether oxygens (including phenoxy) is 1. The van der Waals surface area contributed by atoms with E-state index in [2.05, 4.69) is 26.5 Å². The van der Waals surface area contributed by atoms with E-state index >= 15 is 0 Å². The Morgan fingerprint density at radius 3 is 2.29 bits per heavy atom. The third kappa shape index (κ3) is 5.41. The predicted molar refractivity (Wildman–Crippen MR) is 137 cm³/mol. The fraction of sp³-hybridized carbons (Fsp3) is 0.462. The van der Waals surface area contributed by atoms with E-state index in [1.807, 2.05) is 30.3 Å². The van der Waals surface area contributed by atoms with Crippen molar-refractivity contribution < 1.29 is 14.3 Å². The van der Waals surface area contributed by atoms with E-state index in [1.165, 1.54) is 0 Å². The standard InChI is InChI=1S/C26H33ClN4O3/c1-26(2,17-27)25(33)29-19-10-11-21(20(16-19)24(32)28-18-8-9-18)30-12-14-31(15-13-30)22-6-4-5-7-23(22)34-3/h4-7,10-11,16,18H,8-9,12-15,17H2,1-3H3,(H,28,32)(H,29,33). The molecule has 182 valence electrons. The van der Waals surface area contributed by atoms with Crippen LogP contribution in [-0.4, -0.2) is 57.0 Å². The van der Waals surface area contributed by atoms with E-state index in [9.17, 15) is 9.59 Å². The van der Waals surface area contributed by atoms with Crippen molar-refractivity contribution in [2.45, 2.75) is 32.7 Å². The van der Waals surface area contributed by atoms with Crippen molar-refractivity contribution in [3.63, 3.8) is 0 Å². The van der Waals surface area contributed by atoms with E-state index < -0.39 is 5.41 Å². The summed E-state index contributed by atoms with van der Waals surface area (Å²) in [6.07, 6.45) is 2.03. The fourth-order valence-electron chi connectivity index (χ4n) is 4.00. The molecule has 0 spiro atoms. The first-order valence-corrected chi connectivity index (χ1v) is 12.3. The van der Waals surface area contributed by atoms with Gasteiger partial charge in [-0.05, 0) is 57.0 Å². The lowest BCUT2D eigenvalue weighted by atomic mass is 9.95. The van der Waals surface area contributed by atoms with Gasteiger partial charge in [-0.2, -0.15) is 0 Å². The minimum Gasteiger partial charge on any atom is -0.495 e. The second-order valence-corrected chi connectivity index (χ2v) is 9.86. The molecule has 7 nitrogen and oxygen atoms in total. The van der Waals surface area contributed by atoms with E-state index in [0.717, 1.165) is 56.1 Å². The number of piperazine rings is 1. The highest BCUT2D eigenvalue weighted by atomic mass is 35.5. The van der Waals surface area contributed by atoms with Gasteiger partial charge in [0.2, 0.25) is 5.91 Å². The lowest BCUT2D eigenvalue weighted by Gasteiger charge is -2.38. The molecular formula is C26H33ClN4O3. The third-order valence-corrected chi connectivity index (χ3v) is 7.07. The van der Waals surface area contributed by atoms with E-state index in [0.29, 0.717) is 11.3 Å². The van der Waals surface area contributed by atoms with Crippen molar-refractivity contribution >= 4 is 40.5 Å². The van der Waals surface area contributed by atoms with Gasteiger partial charge in [-0.15, -0.1) is 11.6 Å². The number of nitrogens with one attached hydrogen (secondary N) is 2. The average Bonchev–Trinajstić information content (AvgIpc) is 3.68. The molecule has 1 aliphatic heterocycles. The summed E-state index contributed by atoms with van der Waals surface area (Å²) in [4.78, 5) is 30.3. The number of carbonyl (C=O) groups excluding carboxylic acids is 2. The second-order valence-electron chi connectivity index (χ2n) is 9.60. The molecule has 0 atom stereocenters. The lowest BCUT2D eigenvalue weighted by Crippen LogP contribution is -2.47. The van der Waals surface area contributed by atoms with Crippen LogP contribution in [0.5, 0.6) is 5.75 Å². The van der Waals surface area contributed by atoms with Crippen molar-refractivity contribution in [2.24, 2.45) is 5.41 Å². The molecule has 0 bridgehead atoms. The van der Waals surface area contributed by atoms with Crippen LogP contribution in [0.25, 0.3) is 0 Å². The quantitative estimate of drug-likeness (QED) is 0.551. The maximum absolute atomic E-state index is 13.1. The van der Waals surface area contributed by atoms with Crippen LogP contribution >= 0.6 is 11.6 Å². The Morgan fingerprint density at radius 1 is 1.03 bits per heavy atom. The zero-order chi connectivity index (χ0) is 24.3. The molecule has 2 aromatic rings. The van der Waals surface area contributed by atoms with Crippen molar-refractivity contribution in [1.29, 1.82) is 0 Å². The largest absolute Gasteiger partial charge is 0.495 e. The smallest absolute Gasteiger partial charge is 0.253 e. The molecule has 1 heterocycles. The highest BCUT2D eigenvalue weighted by Crippen LogP contribution is 2.32. The van der Waals surface area contributed by atoms with Gasteiger partial charge in [0.15, 0.2) is 0 Å². The first-order valence-electron chi connectivity index (χ1n) is 11.8. The van der Waals surface area contributed by atoms with Gasteiger partial charge in [-0.3, -0.25) is 9.59 Å². The summed E-state index contributed by atoms with van der Waals surface area (Å²) in [7, 11) is 1.69. The predicted octanol–water partition coefficient (Wildman–Crippen LogP) is 4.12. The molecule has 34 heavy (non-hydrogen) atoms. The molecule has 4 rings (SSSR count). The fourth-order valence-corrected chi connectivity index (χ4v) is 4.12. The molecule has 1 saturated heterocycles. The second kappa shape index (κ2) is 10.1. The molecule has 2 aromatic carbocycles. The van der Waals surface area contributed by atoms with Gasteiger partial charge in [0.1, 0.15) is 5.75 Å². The topological polar surface area (TPSA) is 73.9 Å². The van der Waals surface area contributed by atoms with E-state index in [1.54, 1.807) is 27.0 Å². The highest BCUT2D eigenvalue weighted by Gasteiger charge is 2.29. The number of hydrogen-bond acceptors (Lipinski definition) is 5. The number of nitrogens with zero attached hydrogens (tertiary/aromatic N) is 2. The molecule has 0 unspecified atom stereocenters. The normalized spacial score (nSPS) is 16.2. The molecule has 1 saturated carbocycles. The van der Waals surface area contributed by atoms with Crippen molar-refractivity contribution in [3.05, 3.63) is 48.0 Å². The first kappa shape index (κ1) is 24.2. The molecule has 2 N–H and O–H groups in total. The number of carbonyl (C=O) groups is 2. The Bertz CT molecular complexity index is 1050. The Labute approximate surface area is 206 Å². The summed E-state index contributed by atoms with van der Waals surface area (Å²) in [5.74, 6) is 0.801. The van der Waals surface area contributed by atoms with Gasteiger partial charge in [0.25, 0.3) is 5.91 Å². The molecule has 2 fully saturated rings. The minimum absolute atomic E-state index is 0.0997. The van der Waals surface area contributed by atoms with Crippen LogP contribution in [0, 0.1) is 5.41 Å².